The number of hydrogen-bond acceptors (Lipinski definition) is 7. The summed E-state index contributed by atoms with van der Waals surface area (Å²) in [4.78, 5) is 43.8. The van der Waals surface area contributed by atoms with Crippen molar-refractivity contribution in [2.45, 2.75) is 30.8 Å². The minimum absolute atomic E-state index is 0.151. The van der Waals surface area contributed by atoms with Crippen LogP contribution in [-0.2, 0) is 9.59 Å². The molecule has 1 aliphatic carbocycles. The number of aromatic nitrogens is 4. The van der Waals surface area contributed by atoms with Crippen LogP contribution in [0.5, 0.6) is 0 Å². The Hall–Kier alpha value is -3.73. The molecule has 0 aliphatic heterocycles. The SMILES string of the molecule is CC(=O)Nc1ccc(NC(=O)CSc2cc(-n3ccc(C(=O)NC4CC4)n3)ncn2)cc1. The number of nitrogens with zero attached hydrogens (tertiary/aromatic N) is 4. The molecule has 1 fully saturated rings. The van der Waals surface area contributed by atoms with E-state index in [1.807, 2.05) is 0 Å². The summed E-state index contributed by atoms with van der Waals surface area (Å²) < 4.78 is 1.50. The smallest absolute Gasteiger partial charge is 0.272 e. The summed E-state index contributed by atoms with van der Waals surface area (Å²) in [5.41, 5.74) is 1.61. The monoisotopic (exact) mass is 451 g/mol. The van der Waals surface area contributed by atoms with Crippen molar-refractivity contribution >= 4 is 40.9 Å². The van der Waals surface area contributed by atoms with Crippen molar-refractivity contribution in [3.63, 3.8) is 0 Å². The lowest BCUT2D eigenvalue weighted by atomic mass is 10.3. The summed E-state index contributed by atoms with van der Waals surface area (Å²) in [6.45, 7) is 1.43. The van der Waals surface area contributed by atoms with Gasteiger partial charge >= 0.3 is 0 Å². The molecule has 0 atom stereocenters. The molecule has 0 bridgehead atoms. The third-order valence-corrected chi connectivity index (χ3v) is 5.36. The van der Waals surface area contributed by atoms with Crippen molar-refractivity contribution in [1.29, 1.82) is 0 Å². The number of thioether (sulfide) groups is 1. The van der Waals surface area contributed by atoms with Gasteiger partial charge in [-0.1, -0.05) is 11.8 Å². The zero-order valence-corrected chi connectivity index (χ0v) is 18.1. The van der Waals surface area contributed by atoms with Crippen molar-refractivity contribution < 1.29 is 14.4 Å². The Bertz CT molecular complexity index is 1140. The van der Waals surface area contributed by atoms with E-state index in [4.69, 9.17) is 0 Å². The van der Waals surface area contributed by atoms with Crippen LogP contribution in [0.15, 0.2) is 53.9 Å². The quantitative estimate of drug-likeness (QED) is 0.354. The average Bonchev–Trinajstić information content (AvgIpc) is 3.44. The Balaban J connectivity index is 1.32. The van der Waals surface area contributed by atoms with Gasteiger partial charge in [-0.2, -0.15) is 5.10 Å². The Morgan fingerprint density at radius 1 is 1.06 bits per heavy atom. The summed E-state index contributed by atoms with van der Waals surface area (Å²) >= 11 is 1.26. The van der Waals surface area contributed by atoms with Crippen molar-refractivity contribution in [2.75, 3.05) is 16.4 Å². The van der Waals surface area contributed by atoms with Gasteiger partial charge in [0.25, 0.3) is 5.91 Å². The van der Waals surface area contributed by atoms with Crippen LogP contribution in [-0.4, -0.2) is 49.3 Å². The Morgan fingerprint density at radius 2 is 1.78 bits per heavy atom. The minimum atomic E-state index is -0.198. The zero-order valence-electron chi connectivity index (χ0n) is 17.2. The molecule has 4 rings (SSSR count). The average molecular weight is 452 g/mol. The fourth-order valence-electron chi connectivity index (χ4n) is 2.77. The van der Waals surface area contributed by atoms with Crippen molar-refractivity contribution in [3.05, 3.63) is 54.6 Å². The van der Waals surface area contributed by atoms with Gasteiger partial charge in [0.15, 0.2) is 11.5 Å². The summed E-state index contributed by atoms with van der Waals surface area (Å²) in [7, 11) is 0. The van der Waals surface area contributed by atoms with Gasteiger partial charge in [-0.25, -0.2) is 14.6 Å². The van der Waals surface area contributed by atoms with Crippen molar-refractivity contribution in [2.24, 2.45) is 0 Å². The number of hydrogen-bond donors (Lipinski definition) is 3. The second kappa shape index (κ2) is 9.60. The summed E-state index contributed by atoms with van der Waals surface area (Å²) in [5.74, 6) is 0.104. The van der Waals surface area contributed by atoms with E-state index in [-0.39, 0.29) is 29.5 Å². The summed E-state index contributed by atoms with van der Waals surface area (Å²) in [6.07, 6.45) is 5.07. The van der Waals surface area contributed by atoms with Crippen LogP contribution in [0.1, 0.15) is 30.3 Å². The number of rotatable bonds is 8. The van der Waals surface area contributed by atoms with Crippen LogP contribution in [0.25, 0.3) is 5.82 Å². The molecule has 32 heavy (non-hydrogen) atoms. The first-order valence-electron chi connectivity index (χ1n) is 9.95. The number of carbonyl (C=O) groups excluding carboxylic acids is 3. The molecule has 1 aromatic carbocycles. The van der Waals surface area contributed by atoms with E-state index < -0.39 is 0 Å². The first kappa shape index (κ1) is 21.5. The molecule has 0 radical (unpaired) electrons. The largest absolute Gasteiger partial charge is 0.348 e. The number of anilines is 2. The van der Waals surface area contributed by atoms with Gasteiger partial charge < -0.3 is 16.0 Å². The van der Waals surface area contributed by atoms with Crippen LogP contribution < -0.4 is 16.0 Å². The van der Waals surface area contributed by atoms with E-state index in [0.717, 1.165) is 12.8 Å². The minimum Gasteiger partial charge on any atom is -0.348 e. The maximum Gasteiger partial charge on any atom is 0.272 e. The lowest BCUT2D eigenvalue weighted by molar-refractivity contribution is -0.114. The molecule has 2 heterocycles. The van der Waals surface area contributed by atoms with E-state index in [2.05, 4.69) is 31.0 Å². The first-order chi connectivity index (χ1) is 15.5. The first-order valence-corrected chi connectivity index (χ1v) is 10.9. The fraction of sp³-hybridized carbons (Fsp3) is 0.238. The molecule has 164 valence electrons. The van der Waals surface area contributed by atoms with Gasteiger partial charge in [0.05, 0.1) is 5.75 Å². The molecule has 3 N–H and O–H groups in total. The third kappa shape index (κ3) is 5.91. The molecule has 0 spiro atoms. The van der Waals surface area contributed by atoms with Gasteiger partial charge in [-0.3, -0.25) is 14.4 Å². The van der Waals surface area contributed by atoms with Crippen LogP contribution >= 0.6 is 11.8 Å². The molecule has 0 saturated heterocycles. The zero-order chi connectivity index (χ0) is 22.5. The topological polar surface area (TPSA) is 131 Å². The molecule has 3 aromatic rings. The standard InChI is InChI=1S/C21H21N7O3S/c1-13(29)24-14-2-4-15(5-3-14)25-19(30)11-32-20-10-18(22-12-23-20)28-9-8-17(27-28)21(31)26-16-6-7-16/h2-5,8-10,12,16H,6-7,11H2,1H3,(H,24,29)(H,25,30)(H,26,31). The highest BCUT2D eigenvalue weighted by Crippen LogP contribution is 2.20. The van der Waals surface area contributed by atoms with E-state index in [0.29, 0.717) is 27.9 Å². The molecule has 10 nitrogen and oxygen atoms in total. The Kier molecular flexibility index (Phi) is 6.45. The molecule has 1 aliphatic rings. The normalized spacial score (nSPS) is 12.8. The van der Waals surface area contributed by atoms with E-state index in [9.17, 15) is 14.4 Å². The maximum absolute atomic E-state index is 12.3. The third-order valence-electron chi connectivity index (χ3n) is 4.44. The van der Waals surface area contributed by atoms with Crippen molar-refractivity contribution in [3.8, 4) is 5.82 Å². The van der Waals surface area contributed by atoms with Crippen LogP contribution in [0, 0.1) is 0 Å². The lowest BCUT2D eigenvalue weighted by Gasteiger charge is -2.07. The highest BCUT2D eigenvalue weighted by molar-refractivity contribution is 7.99. The predicted molar refractivity (Wildman–Crippen MR) is 120 cm³/mol. The number of benzene rings is 1. The van der Waals surface area contributed by atoms with Gasteiger partial charge in [0.1, 0.15) is 11.4 Å². The lowest BCUT2D eigenvalue weighted by Crippen LogP contribution is -2.25. The Labute approximate surface area is 188 Å². The molecule has 2 aromatic heterocycles. The van der Waals surface area contributed by atoms with Gasteiger partial charge in [0, 0.05) is 36.6 Å². The summed E-state index contributed by atoms with van der Waals surface area (Å²) in [6, 6.07) is 10.5. The molecular weight excluding hydrogens is 430 g/mol. The Morgan fingerprint density at radius 3 is 2.47 bits per heavy atom. The highest BCUT2D eigenvalue weighted by Gasteiger charge is 2.24. The predicted octanol–water partition coefficient (Wildman–Crippen LogP) is 2.24. The van der Waals surface area contributed by atoms with E-state index in [1.165, 1.54) is 29.7 Å². The highest BCUT2D eigenvalue weighted by atomic mass is 32.2. The van der Waals surface area contributed by atoms with Crippen LogP contribution in [0.2, 0.25) is 0 Å². The van der Waals surface area contributed by atoms with Gasteiger partial charge in [-0.15, -0.1) is 0 Å². The van der Waals surface area contributed by atoms with Gasteiger partial charge in [-0.05, 0) is 43.2 Å². The molecule has 11 heteroatoms. The number of nitrogens with one attached hydrogen (secondary N) is 3. The maximum atomic E-state index is 12.3. The van der Waals surface area contributed by atoms with E-state index in [1.54, 1.807) is 42.6 Å². The molecular formula is C21H21N7O3S. The van der Waals surface area contributed by atoms with Crippen LogP contribution in [0.4, 0.5) is 11.4 Å². The number of carbonyl (C=O) groups is 3. The second-order valence-electron chi connectivity index (χ2n) is 7.20. The summed E-state index contributed by atoms with van der Waals surface area (Å²) in [5, 5.41) is 13.2. The van der Waals surface area contributed by atoms with Crippen LogP contribution in [0.3, 0.4) is 0 Å². The second-order valence-corrected chi connectivity index (χ2v) is 8.20. The number of amides is 3. The fourth-order valence-corrected chi connectivity index (χ4v) is 3.43. The molecule has 3 amide bonds. The van der Waals surface area contributed by atoms with E-state index >= 15 is 0 Å². The molecule has 0 unspecified atom stereocenters. The molecule has 1 saturated carbocycles. The van der Waals surface area contributed by atoms with Gasteiger partial charge in [0.2, 0.25) is 11.8 Å². The van der Waals surface area contributed by atoms with Crippen molar-refractivity contribution in [1.82, 2.24) is 25.1 Å².